The van der Waals surface area contributed by atoms with Crippen LogP contribution in [-0.4, -0.2) is 15.5 Å². The van der Waals surface area contributed by atoms with Gasteiger partial charge in [0, 0.05) is 12.0 Å². The number of hydrogen-bond acceptors (Lipinski definition) is 2. The minimum absolute atomic E-state index is 0.0370. The van der Waals surface area contributed by atoms with Gasteiger partial charge in [-0.2, -0.15) is 0 Å². The number of amides is 1. The number of nitrogens with zero attached hydrogens (tertiary/aromatic N) is 2. The van der Waals surface area contributed by atoms with E-state index in [0.29, 0.717) is 24.5 Å². The van der Waals surface area contributed by atoms with Gasteiger partial charge in [-0.05, 0) is 36.2 Å². The highest BCUT2D eigenvalue weighted by Crippen LogP contribution is 2.28. The van der Waals surface area contributed by atoms with Gasteiger partial charge in [-0.15, -0.1) is 0 Å². The SMILES string of the molecule is CCCCC(=O)Nc1c(-c2ccc(F)cc2)ncn1Cc1ccccc1. The van der Waals surface area contributed by atoms with Gasteiger partial charge < -0.3 is 9.88 Å². The highest BCUT2D eigenvalue weighted by Gasteiger charge is 2.16. The molecule has 0 fully saturated rings. The van der Waals surface area contributed by atoms with E-state index in [1.165, 1.54) is 12.1 Å². The quantitative estimate of drug-likeness (QED) is 0.660. The van der Waals surface area contributed by atoms with Crippen molar-refractivity contribution in [3.05, 3.63) is 72.3 Å². The largest absolute Gasteiger partial charge is 0.312 e. The summed E-state index contributed by atoms with van der Waals surface area (Å²) in [6.45, 7) is 2.65. The number of nitrogens with one attached hydrogen (secondary N) is 1. The van der Waals surface area contributed by atoms with Crippen LogP contribution in [0.2, 0.25) is 0 Å². The molecule has 4 nitrogen and oxygen atoms in total. The molecule has 0 saturated carbocycles. The minimum atomic E-state index is -0.300. The molecule has 0 aliphatic heterocycles. The molecular weight excluding hydrogens is 329 g/mol. The number of halogens is 1. The number of hydrogen-bond donors (Lipinski definition) is 1. The fraction of sp³-hybridized carbons (Fsp3) is 0.238. The van der Waals surface area contributed by atoms with Crippen LogP contribution in [0.15, 0.2) is 60.9 Å². The molecule has 0 aliphatic rings. The van der Waals surface area contributed by atoms with Crippen LogP contribution in [0.25, 0.3) is 11.3 Å². The van der Waals surface area contributed by atoms with Crippen LogP contribution in [0.4, 0.5) is 10.2 Å². The summed E-state index contributed by atoms with van der Waals surface area (Å²) < 4.78 is 15.2. The van der Waals surface area contributed by atoms with Crippen molar-refractivity contribution >= 4 is 11.7 Å². The van der Waals surface area contributed by atoms with Crippen molar-refractivity contribution in [1.29, 1.82) is 0 Å². The number of anilines is 1. The Balaban J connectivity index is 1.93. The summed E-state index contributed by atoms with van der Waals surface area (Å²) in [6, 6.07) is 16.1. The second-order valence-electron chi connectivity index (χ2n) is 6.21. The van der Waals surface area contributed by atoms with Gasteiger partial charge >= 0.3 is 0 Å². The summed E-state index contributed by atoms with van der Waals surface area (Å²) in [5.41, 5.74) is 2.52. The Morgan fingerprint density at radius 3 is 2.54 bits per heavy atom. The highest BCUT2D eigenvalue weighted by molar-refractivity contribution is 5.93. The van der Waals surface area contributed by atoms with E-state index in [9.17, 15) is 9.18 Å². The summed E-state index contributed by atoms with van der Waals surface area (Å²) >= 11 is 0. The number of rotatable bonds is 7. The van der Waals surface area contributed by atoms with Crippen molar-refractivity contribution in [2.45, 2.75) is 32.7 Å². The molecule has 134 valence electrons. The Bertz CT molecular complexity index is 857. The number of carbonyl (C=O) groups is 1. The van der Waals surface area contributed by atoms with Crippen LogP contribution in [0.1, 0.15) is 31.7 Å². The van der Waals surface area contributed by atoms with Crippen LogP contribution in [-0.2, 0) is 11.3 Å². The van der Waals surface area contributed by atoms with Crippen molar-refractivity contribution < 1.29 is 9.18 Å². The lowest BCUT2D eigenvalue weighted by Gasteiger charge is -2.12. The van der Waals surface area contributed by atoms with E-state index in [0.717, 1.165) is 24.0 Å². The molecule has 1 N–H and O–H groups in total. The first-order chi connectivity index (χ1) is 12.7. The second-order valence-corrected chi connectivity index (χ2v) is 6.21. The van der Waals surface area contributed by atoms with Crippen LogP contribution in [0.3, 0.4) is 0 Å². The van der Waals surface area contributed by atoms with Gasteiger partial charge in [-0.3, -0.25) is 4.79 Å². The number of unbranched alkanes of at least 4 members (excludes halogenated alkanes) is 1. The van der Waals surface area contributed by atoms with Gasteiger partial charge in [0.1, 0.15) is 17.3 Å². The fourth-order valence-corrected chi connectivity index (χ4v) is 2.76. The molecule has 0 radical (unpaired) electrons. The third-order valence-corrected chi connectivity index (χ3v) is 4.17. The Morgan fingerprint density at radius 1 is 1.12 bits per heavy atom. The predicted molar refractivity (Wildman–Crippen MR) is 101 cm³/mol. The van der Waals surface area contributed by atoms with Gasteiger partial charge in [-0.25, -0.2) is 9.37 Å². The normalized spacial score (nSPS) is 10.7. The molecule has 2 aromatic carbocycles. The highest BCUT2D eigenvalue weighted by atomic mass is 19.1. The van der Waals surface area contributed by atoms with Crippen LogP contribution in [0.5, 0.6) is 0 Å². The van der Waals surface area contributed by atoms with Crippen LogP contribution < -0.4 is 5.32 Å². The van der Waals surface area contributed by atoms with Crippen molar-refractivity contribution in [3.8, 4) is 11.3 Å². The van der Waals surface area contributed by atoms with E-state index in [1.807, 2.05) is 34.9 Å². The first-order valence-electron chi connectivity index (χ1n) is 8.82. The minimum Gasteiger partial charge on any atom is -0.312 e. The van der Waals surface area contributed by atoms with Gasteiger partial charge in [-0.1, -0.05) is 43.7 Å². The number of aromatic nitrogens is 2. The number of imidazole rings is 1. The number of benzene rings is 2. The van der Waals surface area contributed by atoms with E-state index < -0.39 is 0 Å². The molecule has 0 bridgehead atoms. The maximum atomic E-state index is 13.2. The lowest BCUT2D eigenvalue weighted by molar-refractivity contribution is -0.116. The van der Waals surface area contributed by atoms with E-state index in [4.69, 9.17) is 0 Å². The third kappa shape index (κ3) is 4.36. The molecule has 3 rings (SSSR count). The maximum absolute atomic E-state index is 13.2. The Kier molecular flexibility index (Phi) is 5.79. The van der Waals surface area contributed by atoms with Crippen molar-refractivity contribution in [1.82, 2.24) is 9.55 Å². The lowest BCUT2D eigenvalue weighted by atomic mass is 10.1. The molecule has 1 aromatic heterocycles. The summed E-state index contributed by atoms with van der Waals surface area (Å²) in [4.78, 5) is 16.8. The van der Waals surface area contributed by atoms with Crippen LogP contribution in [0, 0.1) is 5.82 Å². The molecular formula is C21H22FN3O. The van der Waals surface area contributed by atoms with Crippen molar-refractivity contribution in [3.63, 3.8) is 0 Å². The molecule has 3 aromatic rings. The molecule has 1 heterocycles. The molecule has 0 atom stereocenters. The summed E-state index contributed by atoms with van der Waals surface area (Å²) in [7, 11) is 0. The molecule has 1 amide bonds. The van der Waals surface area contributed by atoms with Gasteiger partial charge in [0.05, 0.1) is 12.9 Å². The predicted octanol–water partition coefficient (Wildman–Crippen LogP) is 4.87. The zero-order valence-corrected chi connectivity index (χ0v) is 14.8. The van der Waals surface area contributed by atoms with E-state index in [-0.39, 0.29) is 11.7 Å². The smallest absolute Gasteiger partial charge is 0.225 e. The Morgan fingerprint density at radius 2 is 1.85 bits per heavy atom. The van der Waals surface area contributed by atoms with Crippen LogP contribution >= 0.6 is 0 Å². The van der Waals surface area contributed by atoms with Gasteiger partial charge in [0.15, 0.2) is 0 Å². The summed E-state index contributed by atoms with van der Waals surface area (Å²) in [6.07, 6.45) is 3.98. The first kappa shape index (κ1) is 17.9. The Hall–Kier alpha value is -2.95. The molecule has 0 spiro atoms. The van der Waals surface area contributed by atoms with E-state index in [1.54, 1.807) is 18.5 Å². The molecule has 0 aliphatic carbocycles. The van der Waals surface area contributed by atoms with Crippen molar-refractivity contribution in [2.24, 2.45) is 0 Å². The average Bonchev–Trinajstić information content (AvgIpc) is 3.04. The topological polar surface area (TPSA) is 46.9 Å². The summed E-state index contributed by atoms with van der Waals surface area (Å²) in [5, 5.41) is 3.00. The van der Waals surface area contributed by atoms with E-state index in [2.05, 4.69) is 17.2 Å². The molecule has 26 heavy (non-hydrogen) atoms. The maximum Gasteiger partial charge on any atom is 0.225 e. The molecule has 5 heteroatoms. The number of carbonyl (C=O) groups excluding carboxylic acids is 1. The van der Waals surface area contributed by atoms with E-state index >= 15 is 0 Å². The first-order valence-corrected chi connectivity index (χ1v) is 8.82. The Labute approximate surface area is 152 Å². The fourth-order valence-electron chi connectivity index (χ4n) is 2.76. The zero-order valence-electron chi connectivity index (χ0n) is 14.8. The van der Waals surface area contributed by atoms with Gasteiger partial charge in [0.2, 0.25) is 5.91 Å². The lowest BCUT2D eigenvalue weighted by Crippen LogP contribution is -2.15. The average molecular weight is 351 g/mol. The zero-order chi connectivity index (χ0) is 18.4. The molecule has 0 saturated heterocycles. The standard InChI is InChI=1S/C21H22FN3O/c1-2-3-9-19(26)24-21-20(17-10-12-18(22)13-11-17)23-15-25(21)14-16-7-5-4-6-8-16/h4-8,10-13,15H,2-3,9,14H2,1H3,(H,24,26). The van der Waals surface area contributed by atoms with Gasteiger partial charge in [0.25, 0.3) is 0 Å². The van der Waals surface area contributed by atoms with Crippen molar-refractivity contribution in [2.75, 3.05) is 5.32 Å². The monoisotopic (exact) mass is 351 g/mol. The molecule has 0 unspecified atom stereocenters. The third-order valence-electron chi connectivity index (χ3n) is 4.17. The summed E-state index contributed by atoms with van der Waals surface area (Å²) in [5.74, 6) is 0.303. The second kappa shape index (κ2) is 8.43.